The summed E-state index contributed by atoms with van der Waals surface area (Å²) in [5.74, 6) is -3.79. The summed E-state index contributed by atoms with van der Waals surface area (Å²) in [4.78, 5) is 57.9. The van der Waals surface area contributed by atoms with Crippen LogP contribution < -0.4 is 5.32 Å². The molecule has 0 aromatic rings. The third-order valence-corrected chi connectivity index (χ3v) is 10.4. The molecule has 0 spiro atoms. The summed E-state index contributed by atoms with van der Waals surface area (Å²) in [6.07, 6.45) is -1.63. The number of cyclic esters (lactones) is 1. The molecule has 3 heterocycles. The van der Waals surface area contributed by atoms with E-state index in [4.69, 9.17) is 18.9 Å². The number of urea groups is 1. The number of fused-ring (bicyclic) bond motifs is 1. The first kappa shape index (κ1) is 35.4. The highest BCUT2D eigenvalue weighted by Gasteiger charge is 2.56. The number of Topliss-reactive ketones (excluding diaryl/α,β-unsaturated/α-hetero) is 2. The molecule has 12 atom stereocenters. The number of rotatable bonds is 4. The molecule has 0 radical (unpaired) electrons. The van der Waals surface area contributed by atoms with Gasteiger partial charge in [-0.15, -0.1) is 0 Å². The van der Waals surface area contributed by atoms with Crippen molar-refractivity contribution in [1.82, 2.24) is 15.1 Å². The molecule has 3 aliphatic rings. The van der Waals surface area contributed by atoms with Gasteiger partial charge in [0.15, 0.2) is 12.1 Å². The van der Waals surface area contributed by atoms with Crippen LogP contribution in [0.3, 0.4) is 0 Å². The van der Waals surface area contributed by atoms with Crippen LogP contribution in [0, 0.1) is 29.1 Å². The van der Waals surface area contributed by atoms with Crippen molar-refractivity contribution in [2.45, 2.75) is 123 Å². The number of likely N-dealkylation sites (N-methyl/N-ethyl adjacent to an activating group) is 2. The minimum absolute atomic E-state index is 0.0145. The van der Waals surface area contributed by atoms with E-state index in [1.54, 1.807) is 41.9 Å². The van der Waals surface area contributed by atoms with Crippen LogP contribution in [0.2, 0.25) is 0 Å². The molecule has 0 aliphatic carbocycles. The number of ketones is 2. The molecule has 0 aromatic heterocycles. The Hall–Kier alpha value is -2.08. The van der Waals surface area contributed by atoms with Crippen molar-refractivity contribution in [2.24, 2.45) is 29.1 Å². The number of carbonyl (C=O) groups excluding carboxylic acids is 4. The zero-order valence-corrected chi connectivity index (χ0v) is 28.4. The topological polar surface area (TPSA) is 124 Å². The predicted molar refractivity (Wildman–Crippen MR) is 161 cm³/mol. The summed E-state index contributed by atoms with van der Waals surface area (Å²) in [7, 11) is 7.25. The van der Waals surface area contributed by atoms with Crippen molar-refractivity contribution in [3.8, 4) is 0 Å². The smallest absolute Gasteiger partial charge is 0.318 e. The van der Waals surface area contributed by atoms with E-state index in [1.807, 2.05) is 48.7 Å². The zero-order valence-electron chi connectivity index (χ0n) is 28.4. The van der Waals surface area contributed by atoms with Gasteiger partial charge in [0.05, 0.1) is 23.8 Å². The molecule has 0 aromatic carbocycles. The molecule has 7 unspecified atom stereocenters. The van der Waals surface area contributed by atoms with E-state index in [-0.39, 0.29) is 29.7 Å². The Morgan fingerprint density at radius 3 is 2.12 bits per heavy atom. The van der Waals surface area contributed by atoms with Gasteiger partial charge in [-0.25, -0.2) is 4.79 Å². The first-order valence-corrected chi connectivity index (χ1v) is 15.6. The standard InChI is InChI=1S/C32H55N3O8/c1-16-15-31(7,8)27(43-29-25(40-13)22(34(10)11)14-17(2)41-29)19(4)24(37)20(5)28(38)42-21(6)32(9)26(18(3)23(16)36)35(12)30(39)33-32/h16-22,25-27,29H,14-15H2,1-13H3,(H,33,39)/t16?,17-,18?,19+,20-,21-,22?,25?,26?,27?,29?,32-/m1/s1. The van der Waals surface area contributed by atoms with Crippen molar-refractivity contribution >= 4 is 23.6 Å². The molecular formula is C32H55N3O8. The fourth-order valence-electron chi connectivity index (χ4n) is 7.81. The van der Waals surface area contributed by atoms with Gasteiger partial charge < -0.3 is 34.1 Å². The van der Waals surface area contributed by atoms with Crippen molar-refractivity contribution < 1.29 is 38.1 Å². The van der Waals surface area contributed by atoms with E-state index in [0.29, 0.717) is 6.42 Å². The maximum absolute atomic E-state index is 14.0. The zero-order chi connectivity index (χ0) is 32.8. The van der Waals surface area contributed by atoms with Crippen LogP contribution in [-0.2, 0) is 33.3 Å². The Morgan fingerprint density at radius 2 is 1.56 bits per heavy atom. The fraction of sp³-hybridized carbons (Fsp3) is 0.875. The van der Waals surface area contributed by atoms with Gasteiger partial charge in [-0.1, -0.05) is 34.6 Å². The Morgan fingerprint density at radius 1 is 0.953 bits per heavy atom. The molecule has 0 bridgehead atoms. The van der Waals surface area contributed by atoms with Crippen LogP contribution in [0.1, 0.15) is 75.2 Å². The van der Waals surface area contributed by atoms with E-state index >= 15 is 0 Å². The summed E-state index contributed by atoms with van der Waals surface area (Å²) in [6.45, 7) is 16.5. The maximum atomic E-state index is 14.0. The van der Waals surface area contributed by atoms with Gasteiger partial charge in [0.25, 0.3) is 0 Å². The number of amides is 2. The Labute approximate surface area is 257 Å². The number of methoxy groups -OCH3 is 1. The van der Waals surface area contributed by atoms with Crippen LogP contribution in [0.4, 0.5) is 4.79 Å². The SMILES string of the molecule is COC1C(OC2[C@@H](C)C(=O)[C@@H](C)C(=O)O[C@H](C)[C@@]3(C)NC(=O)N(C)C3C(C)C(=O)C(C)CC2(C)C)O[C@H](C)CC1N(C)C. The monoisotopic (exact) mass is 609 g/mol. The molecule has 2 amide bonds. The van der Waals surface area contributed by atoms with E-state index in [1.165, 1.54) is 4.90 Å². The largest absolute Gasteiger partial charge is 0.460 e. The summed E-state index contributed by atoms with van der Waals surface area (Å²) >= 11 is 0. The lowest BCUT2D eigenvalue weighted by Gasteiger charge is -2.47. The molecule has 3 rings (SSSR count). The maximum Gasteiger partial charge on any atom is 0.318 e. The Balaban J connectivity index is 2.07. The first-order valence-electron chi connectivity index (χ1n) is 15.6. The van der Waals surface area contributed by atoms with Crippen LogP contribution in [0.5, 0.6) is 0 Å². The molecule has 11 nitrogen and oxygen atoms in total. The molecule has 11 heteroatoms. The van der Waals surface area contributed by atoms with E-state index in [2.05, 4.69) is 10.2 Å². The van der Waals surface area contributed by atoms with Crippen molar-refractivity contribution in [3.63, 3.8) is 0 Å². The summed E-state index contributed by atoms with van der Waals surface area (Å²) < 4.78 is 24.8. The molecule has 1 N–H and O–H groups in total. The van der Waals surface area contributed by atoms with Crippen molar-refractivity contribution in [1.29, 1.82) is 0 Å². The van der Waals surface area contributed by atoms with Gasteiger partial charge in [0.1, 0.15) is 23.9 Å². The van der Waals surface area contributed by atoms with E-state index in [0.717, 1.165) is 6.42 Å². The lowest BCUT2D eigenvalue weighted by Crippen LogP contribution is -2.60. The molecular weight excluding hydrogens is 554 g/mol. The van der Waals surface area contributed by atoms with Crippen LogP contribution in [-0.4, -0.2) is 110 Å². The summed E-state index contributed by atoms with van der Waals surface area (Å²) in [6, 6.07) is -0.885. The number of esters is 1. The van der Waals surface area contributed by atoms with Gasteiger partial charge in [-0.05, 0) is 60.0 Å². The Bertz CT molecular complexity index is 1070. The minimum atomic E-state index is -1.07. The normalized spacial score (nSPS) is 43.2. The molecule has 3 aliphatic heterocycles. The van der Waals surface area contributed by atoms with Gasteiger partial charge in [0.2, 0.25) is 0 Å². The van der Waals surface area contributed by atoms with Gasteiger partial charge in [0, 0.05) is 38.0 Å². The highest BCUT2D eigenvalue weighted by molar-refractivity contribution is 6.00. The van der Waals surface area contributed by atoms with Crippen molar-refractivity contribution in [3.05, 3.63) is 0 Å². The molecule has 3 fully saturated rings. The Kier molecular flexibility index (Phi) is 10.8. The number of ether oxygens (including phenoxy) is 4. The van der Waals surface area contributed by atoms with E-state index in [9.17, 15) is 19.2 Å². The lowest BCUT2D eigenvalue weighted by molar-refractivity contribution is -0.289. The predicted octanol–water partition coefficient (Wildman–Crippen LogP) is 3.28. The van der Waals surface area contributed by atoms with Gasteiger partial charge in [-0.2, -0.15) is 0 Å². The van der Waals surface area contributed by atoms with Gasteiger partial charge >= 0.3 is 12.0 Å². The van der Waals surface area contributed by atoms with Crippen LogP contribution in [0.25, 0.3) is 0 Å². The number of carbonyl (C=O) groups is 4. The lowest BCUT2D eigenvalue weighted by atomic mass is 9.69. The first-order chi connectivity index (χ1) is 19.8. The third kappa shape index (κ3) is 6.79. The fourth-order valence-corrected chi connectivity index (χ4v) is 7.81. The highest BCUT2D eigenvalue weighted by atomic mass is 16.7. The summed E-state index contributed by atoms with van der Waals surface area (Å²) in [5, 5.41) is 2.95. The number of nitrogens with zero attached hydrogens (tertiary/aromatic N) is 2. The average Bonchev–Trinajstić information content (AvgIpc) is 3.16. The molecule has 43 heavy (non-hydrogen) atoms. The van der Waals surface area contributed by atoms with Crippen LogP contribution >= 0.6 is 0 Å². The molecule has 0 saturated carbocycles. The molecule has 3 saturated heterocycles. The number of hydrogen-bond donors (Lipinski definition) is 1. The second-order valence-corrected chi connectivity index (χ2v) is 14.4. The minimum Gasteiger partial charge on any atom is -0.460 e. The van der Waals surface area contributed by atoms with Crippen molar-refractivity contribution in [2.75, 3.05) is 28.3 Å². The highest BCUT2D eigenvalue weighted by Crippen LogP contribution is 2.42. The number of hydrogen-bond acceptors (Lipinski definition) is 9. The second-order valence-electron chi connectivity index (χ2n) is 14.4. The van der Waals surface area contributed by atoms with Gasteiger partial charge in [-0.3, -0.25) is 14.4 Å². The van der Waals surface area contributed by atoms with Crippen LogP contribution in [0.15, 0.2) is 0 Å². The average molecular weight is 610 g/mol. The quantitative estimate of drug-likeness (QED) is 0.378. The summed E-state index contributed by atoms with van der Waals surface area (Å²) in [5.41, 5.74) is -1.73. The van der Waals surface area contributed by atoms with E-state index < -0.39 is 71.2 Å². The number of nitrogens with one attached hydrogen (secondary N) is 1. The second kappa shape index (κ2) is 13.1. The molecule has 246 valence electrons. The third-order valence-electron chi connectivity index (χ3n) is 10.4.